The van der Waals surface area contributed by atoms with Crippen molar-refractivity contribution in [2.45, 2.75) is 6.54 Å². The number of tetrazole rings is 1. The van der Waals surface area contributed by atoms with Crippen molar-refractivity contribution in [1.29, 1.82) is 0 Å². The second-order valence-corrected chi connectivity index (χ2v) is 6.68. The second kappa shape index (κ2) is 6.51. The fourth-order valence-corrected chi connectivity index (χ4v) is 3.61. The van der Waals surface area contributed by atoms with Crippen molar-refractivity contribution in [3.05, 3.63) is 42.0 Å². The highest BCUT2D eigenvalue weighted by Gasteiger charge is 2.11. The van der Waals surface area contributed by atoms with E-state index in [9.17, 15) is 0 Å². The predicted molar refractivity (Wildman–Crippen MR) is 90.9 cm³/mol. The van der Waals surface area contributed by atoms with E-state index in [4.69, 9.17) is 0 Å². The summed E-state index contributed by atoms with van der Waals surface area (Å²) in [5.74, 6) is 3.18. The van der Waals surface area contributed by atoms with Crippen LogP contribution in [0, 0.1) is 0 Å². The van der Waals surface area contributed by atoms with E-state index in [0.717, 1.165) is 18.1 Å². The summed E-state index contributed by atoms with van der Waals surface area (Å²) in [7, 11) is 0. The van der Waals surface area contributed by atoms with Gasteiger partial charge in [-0.05, 0) is 40.3 Å². The van der Waals surface area contributed by atoms with Gasteiger partial charge in [0, 0.05) is 36.8 Å². The van der Waals surface area contributed by atoms with Crippen LogP contribution in [0.5, 0.6) is 0 Å². The van der Waals surface area contributed by atoms with Crippen molar-refractivity contribution in [3.8, 4) is 0 Å². The molecule has 0 aliphatic carbocycles. The molecule has 3 aromatic rings. The Morgan fingerprint density at radius 1 is 1.13 bits per heavy atom. The SMILES string of the molecule is c1cc(CN2CCSCC2)cc(Nc2ccc3nnnn3n2)c1. The van der Waals surface area contributed by atoms with Gasteiger partial charge in [-0.3, -0.25) is 4.90 Å². The lowest BCUT2D eigenvalue weighted by Gasteiger charge is -2.26. The van der Waals surface area contributed by atoms with E-state index in [0.29, 0.717) is 5.65 Å². The van der Waals surface area contributed by atoms with Crippen LogP contribution in [0.3, 0.4) is 0 Å². The zero-order valence-corrected chi connectivity index (χ0v) is 13.4. The van der Waals surface area contributed by atoms with Gasteiger partial charge in [-0.15, -0.1) is 14.8 Å². The molecule has 1 fully saturated rings. The lowest BCUT2D eigenvalue weighted by molar-refractivity contribution is 0.294. The molecule has 0 amide bonds. The summed E-state index contributed by atoms with van der Waals surface area (Å²) in [6.07, 6.45) is 0. The number of nitrogens with zero attached hydrogens (tertiary/aromatic N) is 6. The zero-order valence-electron chi connectivity index (χ0n) is 12.6. The Hall–Kier alpha value is -2.19. The van der Waals surface area contributed by atoms with E-state index >= 15 is 0 Å². The minimum absolute atomic E-state index is 0.632. The van der Waals surface area contributed by atoms with Crippen LogP contribution >= 0.6 is 11.8 Å². The molecule has 23 heavy (non-hydrogen) atoms. The van der Waals surface area contributed by atoms with E-state index in [1.165, 1.54) is 34.8 Å². The van der Waals surface area contributed by atoms with Crippen molar-refractivity contribution in [2.75, 3.05) is 29.9 Å². The fraction of sp³-hybridized carbons (Fsp3) is 0.333. The number of rotatable bonds is 4. The number of hydrogen-bond donors (Lipinski definition) is 1. The highest BCUT2D eigenvalue weighted by atomic mass is 32.2. The molecular weight excluding hydrogens is 310 g/mol. The smallest absolute Gasteiger partial charge is 0.200 e. The van der Waals surface area contributed by atoms with Crippen molar-refractivity contribution in [2.24, 2.45) is 0 Å². The Bertz CT molecular complexity index is 797. The minimum Gasteiger partial charge on any atom is -0.339 e. The van der Waals surface area contributed by atoms with Gasteiger partial charge < -0.3 is 5.32 Å². The van der Waals surface area contributed by atoms with E-state index in [1.54, 1.807) is 0 Å². The lowest BCUT2D eigenvalue weighted by Crippen LogP contribution is -2.31. The standard InChI is InChI=1S/C15H17N7S/c1-2-12(11-21-6-8-23-9-7-21)10-13(3-1)16-14-4-5-15-17-19-20-22(15)18-14/h1-5,10H,6-9,11H2,(H,16,18). The second-order valence-electron chi connectivity index (χ2n) is 5.46. The molecule has 0 saturated carbocycles. The third-order valence-electron chi connectivity index (χ3n) is 3.78. The molecule has 1 aromatic carbocycles. The molecule has 1 N–H and O–H groups in total. The quantitative estimate of drug-likeness (QED) is 0.783. The molecule has 1 saturated heterocycles. The first-order valence-electron chi connectivity index (χ1n) is 7.58. The average Bonchev–Trinajstić information content (AvgIpc) is 3.04. The molecule has 8 heteroatoms. The highest BCUT2D eigenvalue weighted by Crippen LogP contribution is 2.18. The normalized spacial score (nSPS) is 15.8. The number of hydrogen-bond acceptors (Lipinski definition) is 7. The number of anilines is 2. The van der Waals surface area contributed by atoms with Crippen LogP contribution in [0.15, 0.2) is 36.4 Å². The van der Waals surface area contributed by atoms with Crippen LogP contribution in [0.2, 0.25) is 0 Å². The zero-order chi connectivity index (χ0) is 15.5. The maximum atomic E-state index is 4.33. The highest BCUT2D eigenvalue weighted by molar-refractivity contribution is 7.99. The molecule has 2 aromatic heterocycles. The molecule has 4 rings (SSSR count). The van der Waals surface area contributed by atoms with E-state index in [1.807, 2.05) is 30.0 Å². The summed E-state index contributed by atoms with van der Waals surface area (Å²) >= 11 is 2.04. The van der Waals surface area contributed by atoms with Crippen LogP contribution in [-0.4, -0.2) is 54.7 Å². The number of benzene rings is 1. The number of nitrogens with one attached hydrogen (secondary N) is 1. The van der Waals surface area contributed by atoms with Gasteiger partial charge in [0.1, 0.15) is 0 Å². The minimum atomic E-state index is 0.632. The molecular formula is C15H17N7S. The molecule has 0 bridgehead atoms. The Morgan fingerprint density at radius 2 is 2.04 bits per heavy atom. The number of thioether (sulfide) groups is 1. The van der Waals surface area contributed by atoms with Crippen LogP contribution in [0.1, 0.15) is 5.56 Å². The van der Waals surface area contributed by atoms with Crippen molar-refractivity contribution < 1.29 is 0 Å². The molecule has 0 atom stereocenters. The summed E-state index contributed by atoms with van der Waals surface area (Å²) in [6.45, 7) is 3.33. The average molecular weight is 327 g/mol. The van der Waals surface area contributed by atoms with Gasteiger partial charge in [0.15, 0.2) is 11.5 Å². The molecule has 1 aliphatic heterocycles. The molecule has 0 spiro atoms. The van der Waals surface area contributed by atoms with Gasteiger partial charge in [0.25, 0.3) is 0 Å². The third-order valence-corrected chi connectivity index (χ3v) is 4.72. The summed E-state index contributed by atoms with van der Waals surface area (Å²) in [6, 6.07) is 12.2. The third kappa shape index (κ3) is 3.43. The van der Waals surface area contributed by atoms with Crippen LogP contribution in [-0.2, 0) is 6.54 Å². The largest absolute Gasteiger partial charge is 0.339 e. The monoisotopic (exact) mass is 327 g/mol. The topological polar surface area (TPSA) is 71.2 Å². The van der Waals surface area contributed by atoms with Gasteiger partial charge in [-0.1, -0.05) is 12.1 Å². The maximum Gasteiger partial charge on any atom is 0.200 e. The molecule has 118 valence electrons. The first-order valence-corrected chi connectivity index (χ1v) is 8.74. The lowest BCUT2D eigenvalue weighted by atomic mass is 10.2. The van der Waals surface area contributed by atoms with Crippen molar-refractivity contribution >= 4 is 28.9 Å². The van der Waals surface area contributed by atoms with Crippen LogP contribution in [0.25, 0.3) is 5.65 Å². The van der Waals surface area contributed by atoms with E-state index in [2.05, 4.69) is 49.0 Å². The van der Waals surface area contributed by atoms with E-state index in [-0.39, 0.29) is 0 Å². The first-order chi connectivity index (χ1) is 11.4. The molecule has 0 radical (unpaired) electrons. The molecule has 0 unspecified atom stereocenters. The summed E-state index contributed by atoms with van der Waals surface area (Å²) < 4.78 is 1.41. The van der Waals surface area contributed by atoms with Crippen LogP contribution in [0.4, 0.5) is 11.5 Å². The van der Waals surface area contributed by atoms with Crippen molar-refractivity contribution in [1.82, 2.24) is 30.2 Å². The van der Waals surface area contributed by atoms with Gasteiger partial charge in [0.05, 0.1) is 0 Å². The van der Waals surface area contributed by atoms with Gasteiger partial charge >= 0.3 is 0 Å². The summed E-state index contributed by atoms with van der Waals surface area (Å²) in [4.78, 5) is 2.50. The Balaban J connectivity index is 1.48. The van der Waals surface area contributed by atoms with Gasteiger partial charge in [0.2, 0.25) is 0 Å². The summed E-state index contributed by atoms with van der Waals surface area (Å²) in [5, 5.41) is 18.9. The first kappa shape index (κ1) is 14.4. The fourth-order valence-electron chi connectivity index (χ4n) is 2.63. The summed E-state index contributed by atoms with van der Waals surface area (Å²) in [5.41, 5.74) is 2.96. The van der Waals surface area contributed by atoms with Crippen molar-refractivity contribution in [3.63, 3.8) is 0 Å². The number of fused-ring (bicyclic) bond motifs is 1. The molecule has 3 heterocycles. The van der Waals surface area contributed by atoms with E-state index < -0.39 is 0 Å². The molecule has 7 nitrogen and oxygen atoms in total. The molecule has 1 aliphatic rings. The maximum absolute atomic E-state index is 4.33. The predicted octanol–water partition coefficient (Wildman–Crippen LogP) is 1.81. The Kier molecular flexibility index (Phi) is 4.08. The van der Waals surface area contributed by atoms with Crippen LogP contribution < -0.4 is 5.32 Å². The Labute approximate surface area is 138 Å². The van der Waals surface area contributed by atoms with Gasteiger partial charge in [-0.25, -0.2) is 0 Å². The Morgan fingerprint density at radius 3 is 2.96 bits per heavy atom. The number of aromatic nitrogens is 5. The van der Waals surface area contributed by atoms with Gasteiger partial charge in [-0.2, -0.15) is 11.8 Å².